The normalized spacial score (nSPS) is 15.2. The molecule has 30 heavy (non-hydrogen) atoms. The van der Waals surface area contributed by atoms with E-state index in [1.54, 1.807) is 54.5 Å². The minimum Gasteiger partial charge on any atom is -0.336 e. The third kappa shape index (κ3) is 3.91. The van der Waals surface area contributed by atoms with Gasteiger partial charge in [-0.2, -0.15) is 4.31 Å². The summed E-state index contributed by atoms with van der Waals surface area (Å²) in [6.07, 6.45) is 6.03. The zero-order chi connectivity index (χ0) is 21.1. The number of amides is 1. The van der Waals surface area contributed by atoms with Crippen molar-refractivity contribution in [2.45, 2.75) is 11.8 Å². The van der Waals surface area contributed by atoms with Crippen molar-refractivity contribution in [2.75, 3.05) is 26.2 Å². The van der Waals surface area contributed by atoms with Crippen LogP contribution in [0, 0.1) is 6.92 Å². The van der Waals surface area contributed by atoms with Gasteiger partial charge in [0.2, 0.25) is 10.0 Å². The third-order valence-corrected chi connectivity index (χ3v) is 6.73. The van der Waals surface area contributed by atoms with E-state index in [0.717, 1.165) is 0 Å². The summed E-state index contributed by atoms with van der Waals surface area (Å²) < 4.78 is 28.0. The Morgan fingerprint density at radius 3 is 2.43 bits per heavy atom. The first-order valence-electron chi connectivity index (χ1n) is 9.41. The summed E-state index contributed by atoms with van der Waals surface area (Å²) in [7, 11) is -3.85. The Kier molecular flexibility index (Phi) is 5.51. The zero-order valence-corrected chi connectivity index (χ0v) is 17.2. The highest BCUT2D eigenvalue weighted by Crippen LogP contribution is 2.26. The minimum atomic E-state index is -3.85. The Morgan fingerprint density at radius 1 is 0.967 bits per heavy atom. The Bertz CT molecular complexity index is 1150. The standard InChI is InChI=1S/C20H20N6O3S/c1-15-23-14-18(19(24-15)17-6-2-3-8-22-17)30(28,29)26-11-9-25(10-12-26)20(27)16-5-4-7-21-13-16/h2-8,13-14H,9-12H2,1H3. The zero-order valence-electron chi connectivity index (χ0n) is 16.3. The van der Waals surface area contributed by atoms with Crippen molar-refractivity contribution in [1.82, 2.24) is 29.1 Å². The van der Waals surface area contributed by atoms with E-state index in [0.29, 0.717) is 30.2 Å². The first-order chi connectivity index (χ1) is 14.5. The minimum absolute atomic E-state index is 0.0128. The van der Waals surface area contributed by atoms with Crippen LogP contribution < -0.4 is 0 Å². The van der Waals surface area contributed by atoms with Crippen LogP contribution >= 0.6 is 0 Å². The number of rotatable bonds is 4. The van der Waals surface area contributed by atoms with Crippen molar-refractivity contribution in [3.8, 4) is 11.4 Å². The predicted octanol–water partition coefficient (Wildman–Crippen LogP) is 1.39. The van der Waals surface area contributed by atoms with Crippen molar-refractivity contribution in [3.63, 3.8) is 0 Å². The molecule has 4 rings (SSSR count). The van der Waals surface area contributed by atoms with E-state index in [-0.39, 0.29) is 29.6 Å². The van der Waals surface area contributed by atoms with Gasteiger partial charge in [0.25, 0.3) is 5.91 Å². The maximum atomic E-state index is 13.3. The molecule has 0 unspecified atom stereocenters. The maximum Gasteiger partial charge on any atom is 0.255 e. The van der Waals surface area contributed by atoms with Crippen molar-refractivity contribution >= 4 is 15.9 Å². The summed E-state index contributed by atoms with van der Waals surface area (Å²) in [4.78, 5) is 30.9. The molecule has 0 atom stereocenters. The van der Waals surface area contributed by atoms with E-state index in [9.17, 15) is 13.2 Å². The van der Waals surface area contributed by atoms with Gasteiger partial charge >= 0.3 is 0 Å². The number of nitrogens with zero attached hydrogens (tertiary/aromatic N) is 6. The number of piperazine rings is 1. The molecule has 1 saturated heterocycles. The van der Waals surface area contributed by atoms with E-state index in [1.807, 2.05) is 0 Å². The average Bonchev–Trinajstić information content (AvgIpc) is 2.79. The van der Waals surface area contributed by atoms with Crippen molar-refractivity contribution < 1.29 is 13.2 Å². The molecule has 0 aliphatic carbocycles. The molecule has 1 amide bonds. The molecule has 1 aliphatic rings. The molecule has 10 heteroatoms. The van der Waals surface area contributed by atoms with Crippen LogP contribution in [0.4, 0.5) is 0 Å². The molecule has 0 bridgehead atoms. The average molecular weight is 424 g/mol. The molecular formula is C20H20N6O3S. The Hall–Kier alpha value is -3.24. The summed E-state index contributed by atoms with van der Waals surface area (Å²) in [5, 5.41) is 0. The molecule has 3 aromatic rings. The van der Waals surface area contributed by atoms with Gasteiger partial charge in [-0.15, -0.1) is 0 Å². The summed E-state index contributed by atoms with van der Waals surface area (Å²) in [6, 6.07) is 8.64. The number of aryl methyl sites for hydroxylation is 1. The number of hydrogen-bond acceptors (Lipinski definition) is 7. The van der Waals surface area contributed by atoms with E-state index in [4.69, 9.17) is 0 Å². The molecular weight excluding hydrogens is 404 g/mol. The molecule has 3 aromatic heterocycles. The fourth-order valence-electron chi connectivity index (χ4n) is 3.28. The Balaban J connectivity index is 1.57. The number of sulfonamides is 1. The molecule has 0 radical (unpaired) electrons. The topological polar surface area (TPSA) is 109 Å². The number of carbonyl (C=O) groups excluding carboxylic acids is 1. The lowest BCUT2D eigenvalue weighted by molar-refractivity contribution is 0.0697. The summed E-state index contributed by atoms with van der Waals surface area (Å²) in [5.41, 5.74) is 1.22. The fraction of sp³-hybridized carbons (Fsp3) is 0.250. The maximum absolute atomic E-state index is 13.3. The van der Waals surface area contributed by atoms with Gasteiger partial charge in [0.1, 0.15) is 16.4 Å². The van der Waals surface area contributed by atoms with Crippen molar-refractivity contribution in [3.05, 3.63) is 66.5 Å². The van der Waals surface area contributed by atoms with Crippen LogP contribution in [0.3, 0.4) is 0 Å². The number of carbonyl (C=O) groups is 1. The highest BCUT2D eigenvalue weighted by molar-refractivity contribution is 7.89. The van der Waals surface area contributed by atoms with Crippen LogP contribution in [0.1, 0.15) is 16.2 Å². The van der Waals surface area contributed by atoms with Crippen LogP contribution in [0.25, 0.3) is 11.4 Å². The van der Waals surface area contributed by atoms with Gasteiger partial charge in [-0.25, -0.2) is 18.4 Å². The van der Waals surface area contributed by atoms with Crippen LogP contribution in [-0.2, 0) is 10.0 Å². The second-order valence-electron chi connectivity index (χ2n) is 6.78. The third-order valence-electron chi connectivity index (χ3n) is 4.84. The highest BCUT2D eigenvalue weighted by Gasteiger charge is 2.33. The summed E-state index contributed by atoms with van der Waals surface area (Å²) >= 11 is 0. The SMILES string of the molecule is Cc1ncc(S(=O)(=O)N2CCN(C(=O)c3cccnc3)CC2)c(-c2ccccn2)n1. The highest BCUT2D eigenvalue weighted by atomic mass is 32.2. The van der Waals surface area contributed by atoms with Gasteiger partial charge in [-0.3, -0.25) is 14.8 Å². The van der Waals surface area contributed by atoms with Gasteiger partial charge in [0.05, 0.1) is 17.5 Å². The van der Waals surface area contributed by atoms with Gasteiger partial charge in [0.15, 0.2) is 0 Å². The second kappa shape index (κ2) is 8.25. The van der Waals surface area contributed by atoms with Crippen molar-refractivity contribution in [2.24, 2.45) is 0 Å². The van der Waals surface area contributed by atoms with Gasteiger partial charge in [-0.05, 0) is 31.2 Å². The van der Waals surface area contributed by atoms with Crippen LogP contribution in [0.15, 0.2) is 60.0 Å². The quantitative estimate of drug-likeness (QED) is 0.622. The molecule has 0 aromatic carbocycles. The van der Waals surface area contributed by atoms with E-state index in [1.165, 1.54) is 16.7 Å². The largest absolute Gasteiger partial charge is 0.336 e. The lowest BCUT2D eigenvalue weighted by Gasteiger charge is -2.34. The summed E-state index contributed by atoms with van der Waals surface area (Å²) in [5.74, 6) is 0.300. The second-order valence-corrected chi connectivity index (χ2v) is 8.69. The molecule has 1 fully saturated rings. The number of aromatic nitrogens is 4. The number of hydrogen-bond donors (Lipinski definition) is 0. The van der Waals surface area contributed by atoms with Crippen LogP contribution in [0.5, 0.6) is 0 Å². The predicted molar refractivity (Wildman–Crippen MR) is 109 cm³/mol. The van der Waals surface area contributed by atoms with Gasteiger partial charge in [-0.1, -0.05) is 6.07 Å². The number of pyridine rings is 2. The first-order valence-corrected chi connectivity index (χ1v) is 10.9. The Labute approximate surface area is 174 Å². The van der Waals surface area contributed by atoms with E-state index >= 15 is 0 Å². The molecule has 154 valence electrons. The molecule has 4 heterocycles. The lowest BCUT2D eigenvalue weighted by atomic mass is 10.2. The smallest absolute Gasteiger partial charge is 0.255 e. The lowest BCUT2D eigenvalue weighted by Crippen LogP contribution is -2.50. The van der Waals surface area contributed by atoms with Crippen LogP contribution in [0.2, 0.25) is 0 Å². The van der Waals surface area contributed by atoms with E-state index in [2.05, 4.69) is 19.9 Å². The first kappa shape index (κ1) is 20.0. The monoisotopic (exact) mass is 424 g/mol. The molecule has 9 nitrogen and oxygen atoms in total. The molecule has 1 aliphatic heterocycles. The van der Waals surface area contributed by atoms with Gasteiger partial charge < -0.3 is 4.90 Å². The molecule has 0 N–H and O–H groups in total. The molecule has 0 spiro atoms. The van der Waals surface area contributed by atoms with Crippen LogP contribution in [-0.4, -0.2) is 69.6 Å². The molecule has 0 saturated carbocycles. The fourth-order valence-corrected chi connectivity index (χ4v) is 4.78. The van der Waals surface area contributed by atoms with Crippen molar-refractivity contribution in [1.29, 1.82) is 0 Å². The van der Waals surface area contributed by atoms with E-state index < -0.39 is 10.0 Å². The van der Waals surface area contributed by atoms with Gasteiger partial charge in [0, 0.05) is 44.8 Å². The Morgan fingerprint density at radius 2 is 1.77 bits per heavy atom. The summed E-state index contributed by atoms with van der Waals surface area (Å²) in [6.45, 7) is 2.65.